The fourth-order valence-corrected chi connectivity index (χ4v) is 4.32. The lowest BCUT2D eigenvalue weighted by molar-refractivity contribution is 0.207. The van der Waals surface area contributed by atoms with E-state index >= 15 is 0 Å². The highest BCUT2D eigenvalue weighted by atomic mass is 35.5. The number of allylic oxidation sites excluding steroid dienone is 1. The molecule has 0 saturated heterocycles. The van der Waals surface area contributed by atoms with Crippen LogP contribution in [0.1, 0.15) is 17.9 Å². The molecule has 33 heavy (non-hydrogen) atoms. The lowest BCUT2D eigenvalue weighted by Gasteiger charge is -2.21. The van der Waals surface area contributed by atoms with Crippen molar-refractivity contribution < 1.29 is 9.47 Å². The van der Waals surface area contributed by atoms with Gasteiger partial charge >= 0.3 is 5.69 Å². The quantitative estimate of drug-likeness (QED) is 0.518. The van der Waals surface area contributed by atoms with Crippen LogP contribution in [-0.4, -0.2) is 53.4 Å². The third-order valence-electron chi connectivity index (χ3n) is 5.73. The molecule has 0 fully saturated rings. The number of fused-ring (bicyclic) bond motifs is 3. The Morgan fingerprint density at radius 3 is 2.85 bits per heavy atom. The summed E-state index contributed by atoms with van der Waals surface area (Å²) in [5.41, 5.74) is 3.95. The van der Waals surface area contributed by atoms with Crippen molar-refractivity contribution in [2.24, 2.45) is 12.0 Å². The molecule has 1 aromatic carbocycles. The first kappa shape index (κ1) is 22.8. The first-order chi connectivity index (χ1) is 15.9. The second-order valence-electron chi connectivity index (χ2n) is 7.71. The normalized spacial score (nSPS) is 16.6. The zero-order valence-corrected chi connectivity index (χ0v) is 19.6. The molecule has 0 radical (unpaired) electrons. The van der Waals surface area contributed by atoms with Crippen LogP contribution in [0.2, 0.25) is 0 Å². The molecule has 1 aliphatic heterocycles. The molecule has 0 amide bonds. The van der Waals surface area contributed by atoms with Crippen molar-refractivity contribution in [3.8, 4) is 0 Å². The van der Waals surface area contributed by atoms with Gasteiger partial charge in [-0.15, -0.1) is 0 Å². The number of aromatic nitrogens is 3. The van der Waals surface area contributed by atoms with E-state index < -0.39 is 0 Å². The van der Waals surface area contributed by atoms with Gasteiger partial charge in [0.05, 0.1) is 36.5 Å². The van der Waals surface area contributed by atoms with Crippen LogP contribution in [0.25, 0.3) is 27.6 Å². The molecule has 9 nitrogen and oxygen atoms in total. The number of hydrogen-bond acceptors (Lipinski definition) is 7. The molecular formula is C23H25ClN6O3. The lowest BCUT2D eigenvalue weighted by Crippen LogP contribution is -2.24. The first-order valence-electron chi connectivity index (χ1n) is 10.3. The molecule has 3 heterocycles. The van der Waals surface area contributed by atoms with Crippen molar-refractivity contribution in [3.05, 3.63) is 58.1 Å². The van der Waals surface area contributed by atoms with Gasteiger partial charge in [-0.25, -0.2) is 9.79 Å². The Hall–Kier alpha value is -3.43. The van der Waals surface area contributed by atoms with Gasteiger partial charge in [-0.3, -0.25) is 19.5 Å². The van der Waals surface area contributed by atoms with E-state index in [1.165, 1.54) is 15.3 Å². The van der Waals surface area contributed by atoms with Crippen LogP contribution < -0.4 is 11.0 Å². The van der Waals surface area contributed by atoms with Gasteiger partial charge in [0.2, 0.25) is 5.88 Å². The number of benzene rings is 1. The third kappa shape index (κ3) is 3.94. The smallest absolute Gasteiger partial charge is 0.333 e. The van der Waals surface area contributed by atoms with Crippen LogP contribution >= 0.6 is 11.6 Å². The van der Waals surface area contributed by atoms with Crippen molar-refractivity contribution in [1.82, 2.24) is 19.4 Å². The summed E-state index contributed by atoms with van der Waals surface area (Å²) in [6.45, 7) is 0.435. The number of rotatable bonds is 7. The molecule has 172 valence electrons. The number of nitrogens with zero attached hydrogens (tertiary/aromatic N) is 4. The molecule has 2 N–H and O–H groups in total. The first-order valence-corrected chi connectivity index (χ1v) is 10.7. The van der Waals surface area contributed by atoms with Crippen molar-refractivity contribution in [2.45, 2.75) is 12.3 Å². The molecule has 10 heteroatoms. The van der Waals surface area contributed by atoms with E-state index in [1.807, 2.05) is 24.4 Å². The molecule has 0 bridgehead atoms. The second-order valence-corrected chi connectivity index (χ2v) is 8.09. The van der Waals surface area contributed by atoms with E-state index in [9.17, 15) is 4.79 Å². The molecule has 3 aromatic rings. The number of methoxy groups -OCH3 is 2. The monoisotopic (exact) mass is 468 g/mol. The molecule has 2 aromatic heterocycles. The number of pyridine rings is 1. The van der Waals surface area contributed by atoms with Crippen LogP contribution in [0, 0.1) is 5.41 Å². The zero-order valence-electron chi connectivity index (χ0n) is 18.8. The molecule has 0 aliphatic carbocycles. The van der Waals surface area contributed by atoms with Crippen LogP contribution in [0.4, 0.5) is 0 Å². The van der Waals surface area contributed by atoms with E-state index in [1.54, 1.807) is 34.5 Å². The molecule has 0 saturated carbocycles. The Morgan fingerprint density at radius 2 is 2.18 bits per heavy atom. The number of hydrogen-bond donors (Lipinski definition) is 2. The minimum atomic E-state index is -0.314. The Bertz CT molecular complexity index is 1400. The molecule has 4 rings (SSSR count). The zero-order chi connectivity index (χ0) is 23.7. The van der Waals surface area contributed by atoms with E-state index in [0.717, 1.165) is 22.0 Å². The summed E-state index contributed by atoms with van der Waals surface area (Å²) in [6, 6.07) is 5.96. The lowest BCUT2D eigenvalue weighted by atomic mass is 9.90. The molecule has 0 spiro atoms. The highest BCUT2D eigenvalue weighted by molar-refractivity contribution is 6.74. The van der Waals surface area contributed by atoms with E-state index in [4.69, 9.17) is 26.5 Å². The third-order valence-corrected chi connectivity index (χ3v) is 5.93. The summed E-state index contributed by atoms with van der Waals surface area (Å²) < 4.78 is 13.7. The molecule has 1 atom stereocenters. The standard InChI is InChI=1S/C23H25ClN6O3/c1-26-10-19(21(24)25)30-20-16-8-13(14-7-15(12-32-3)22(33-4)28-9-14)5-6-17(16)27-11-18(20)29(2)23(30)31/h5-6,8-11,14,25-26H,7,12H2,1-4H3. The van der Waals surface area contributed by atoms with Gasteiger partial charge in [0.25, 0.3) is 0 Å². The maximum absolute atomic E-state index is 13.1. The molecule has 1 aliphatic rings. The largest absolute Gasteiger partial charge is 0.481 e. The van der Waals surface area contributed by atoms with Crippen LogP contribution in [0.5, 0.6) is 0 Å². The van der Waals surface area contributed by atoms with E-state index in [0.29, 0.717) is 29.9 Å². The van der Waals surface area contributed by atoms with Gasteiger partial charge in [-0.2, -0.15) is 0 Å². The Labute approximate surface area is 195 Å². The summed E-state index contributed by atoms with van der Waals surface area (Å²) in [6.07, 6.45) is 5.77. The number of aliphatic imine (C=N–C) groups is 1. The van der Waals surface area contributed by atoms with E-state index in [-0.39, 0.29) is 22.5 Å². The second kappa shape index (κ2) is 9.21. The number of nitrogens with one attached hydrogen (secondary N) is 2. The highest BCUT2D eigenvalue weighted by Crippen LogP contribution is 2.33. The molecule has 1 unspecified atom stereocenters. The predicted molar refractivity (Wildman–Crippen MR) is 131 cm³/mol. The van der Waals surface area contributed by atoms with Gasteiger partial charge in [0.15, 0.2) is 0 Å². The van der Waals surface area contributed by atoms with Gasteiger partial charge in [0, 0.05) is 50.5 Å². The SMILES string of the molecule is CNC=C(C(=N)Cl)n1c(=O)n(C)c2cnc3ccc(C4C=NC(OC)=C(COC)C4)cc3c21. The fourth-order valence-electron chi connectivity index (χ4n) is 4.18. The van der Waals surface area contributed by atoms with E-state index in [2.05, 4.69) is 15.3 Å². The van der Waals surface area contributed by atoms with Crippen molar-refractivity contribution >= 4 is 50.6 Å². The summed E-state index contributed by atoms with van der Waals surface area (Å²) in [5, 5.41) is 11.4. The Morgan fingerprint density at radius 1 is 1.39 bits per heavy atom. The van der Waals surface area contributed by atoms with Gasteiger partial charge in [0.1, 0.15) is 10.9 Å². The van der Waals surface area contributed by atoms with Crippen molar-refractivity contribution in [3.63, 3.8) is 0 Å². The predicted octanol–water partition coefficient (Wildman–Crippen LogP) is 3.18. The maximum Gasteiger partial charge on any atom is 0.333 e. The van der Waals surface area contributed by atoms with Crippen LogP contribution in [0.15, 0.2) is 51.8 Å². The van der Waals surface area contributed by atoms with Gasteiger partial charge in [-0.1, -0.05) is 17.7 Å². The minimum absolute atomic E-state index is 0.0104. The average Bonchev–Trinajstić information content (AvgIpc) is 3.07. The topological polar surface area (TPSA) is 107 Å². The van der Waals surface area contributed by atoms with Gasteiger partial charge in [-0.05, 0) is 24.1 Å². The number of aryl methyl sites for hydroxylation is 1. The maximum atomic E-state index is 13.1. The number of imidazole rings is 1. The average molecular weight is 469 g/mol. The van der Waals surface area contributed by atoms with Gasteiger partial charge < -0.3 is 14.8 Å². The molecular weight excluding hydrogens is 444 g/mol. The number of ether oxygens (including phenoxy) is 2. The summed E-state index contributed by atoms with van der Waals surface area (Å²) in [4.78, 5) is 22.2. The van der Waals surface area contributed by atoms with Crippen molar-refractivity contribution in [2.75, 3.05) is 27.9 Å². The summed E-state index contributed by atoms with van der Waals surface area (Å²) in [7, 11) is 6.61. The van der Waals surface area contributed by atoms with Crippen molar-refractivity contribution in [1.29, 1.82) is 5.41 Å². The number of halogens is 1. The van der Waals surface area contributed by atoms with Crippen LogP contribution in [-0.2, 0) is 16.5 Å². The summed E-state index contributed by atoms with van der Waals surface area (Å²) >= 11 is 6.06. The summed E-state index contributed by atoms with van der Waals surface area (Å²) in [5.74, 6) is 0.591. The highest BCUT2D eigenvalue weighted by Gasteiger charge is 2.23. The van der Waals surface area contributed by atoms with Crippen LogP contribution in [0.3, 0.4) is 0 Å². The fraction of sp³-hybridized carbons (Fsp3) is 0.304. The Kier molecular flexibility index (Phi) is 6.35. The Balaban J connectivity index is 1.93. The minimum Gasteiger partial charge on any atom is -0.481 e.